The van der Waals surface area contributed by atoms with E-state index in [1.54, 1.807) is 11.3 Å². The second kappa shape index (κ2) is 2.71. The van der Waals surface area contributed by atoms with Crippen LogP contribution in [-0.2, 0) is 0 Å². The van der Waals surface area contributed by atoms with E-state index in [-0.39, 0.29) is 0 Å². The van der Waals surface area contributed by atoms with Gasteiger partial charge < -0.3 is 5.32 Å². The Labute approximate surface area is 82.4 Å². The molecule has 2 aliphatic rings. The maximum Gasteiger partial charge on any atom is 0.182 e. The van der Waals surface area contributed by atoms with Crippen LogP contribution in [-0.4, -0.2) is 12.0 Å². The zero-order valence-electron chi connectivity index (χ0n) is 7.79. The number of thiazole rings is 1. The summed E-state index contributed by atoms with van der Waals surface area (Å²) in [4.78, 5) is 4.57. The van der Waals surface area contributed by atoms with E-state index in [0.717, 1.165) is 22.9 Å². The minimum Gasteiger partial charge on any atom is -0.365 e. The molecule has 0 saturated heterocycles. The van der Waals surface area contributed by atoms with Gasteiger partial charge >= 0.3 is 0 Å². The SMILES string of the molecule is CNc1nc(C2C[C@@H]3C[C@@H]3C2)cs1. The Kier molecular flexibility index (Phi) is 1.62. The molecule has 1 N–H and O–H groups in total. The van der Waals surface area contributed by atoms with E-state index >= 15 is 0 Å². The van der Waals surface area contributed by atoms with E-state index in [4.69, 9.17) is 0 Å². The first-order valence-electron chi connectivity index (χ1n) is 5.00. The van der Waals surface area contributed by atoms with E-state index in [1.165, 1.54) is 25.0 Å². The summed E-state index contributed by atoms with van der Waals surface area (Å²) in [5.41, 5.74) is 1.33. The topological polar surface area (TPSA) is 24.9 Å². The molecule has 3 atom stereocenters. The van der Waals surface area contributed by atoms with Crippen molar-refractivity contribution in [2.45, 2.75) is 25.2 Å². The number of hydrogen-bond donors (Lipinski definition) is 1. The van der Waals surface area contributed by atoms with Crippen LogP contribution in [0.25, 0.3) is 0 Å². The van der Waals surface area contributed by atoms with Crippen LogP contribution in [0, 0.1) is 11.8 Å². The van der Waals surface area contributed by atoms with Crippen molar-refractivity contribution in [3.63, 3.8) is 0 Å². The van der Waals surface area contributed by atoms with Crippen LogP contribution in [0.15, 0.2) is 5.38 Å². The zero-order chi connectivity index (χ0) is 8.84. The van der Waals surface area contributed by atoms with Crippen molar-refractivity contribution >= 4 is 16.5 Å². The molecule has 1 heterocycles. The van der Waals surface area contributed by atoms with Crippen LogP contribution in [0.5, 0.6) is 0 Å². The summed E-state index contributed by atoms with van der Waals surface area (Å²) >= 11 is 1.73. The monoisotopic (exact) mass is 194 g/mol. The largest absolute Gasteiger partial charge is 0.365 e. The standard InChI is InChI=1S/C10H14N2S/c1-11-10-12-9(5-13-10)8-3-6-2-7(6)4-8/h5-8H,2-4H2,1H3,(H,11,12)/t6-,7+,8?. The molecule has 0 aliphatic heterocycles. The van der Waals surface area contributed by atoms with Gasteiger partial charge in [-0.15, -0.1) is 11.3 Å². The quantitative estimate of drug-likeness (QED) is 0.783. The summed E-state index contributed by atoms with van der Waals surface area (Å²) in [6.45, 7) is 0. The Morgan fingerprint density at radius 2 is 2.15 bits per heavy atom. The zero-order valence-corrected chi connectivity index (χ0v) is 8.60. The molecule has 2 saturated carbocycles. The summed E-state index contributed by atoms with van der Waals surface area (Å²) < 4.78 is 0. The third-order valence-electron chi connectivity index (χ3n) is 3.40. The lowest BCUT2D eigenvalue weighted by Gasteiger charge is -2.06. The van der Waals surface area contributed by atoms with Gasteiger partial charge in [0.25, 0.3) is 0 Å². The molecule has 13 heavy (non-hydrogen) atoms. The van der Waals surface area contributed by atoms with E-state index in [2.05, 4.69) is 15.7 Å². The Hall–Kier alpha value is -0.570. The van der Waals surface area contributed by atoms with Gasteiger partial charge in [-0.3, -0.25) is 0 Å². The number of hydrogen-bond acceptors (Lipinski definition) is 3. The average molecular weight is 194 g/mol. The van der Waals surface area contributed by atoms with Crippen molar-refractivity contribution in [1.82, 2.24) is 4.98 Å². The van der Waals surface area contributed by atoms with Gasteiger partial charge in [-0.1, -0.05) is 0 Å². The molecule has 0 bridgehead atoms. The minimum atomic E-state index is 0.780. The van der Waals surface area contributed by atoms with Crippen molar-refractivity contribution in [2.24, 2.45) is 11.8 Å². The maximum atomic E-state index is 4.57. The summed E-state index contributed by atoms with van der Waals surface area (Å²) in [5.74, 6) is 2.90. The fourth-order valence-electron chi connectivity index (χ4n) is 2.54. The van der Waals surface area contributed by atoms with Gasteiger partial charge in [0, 0.05) is 18.3 Å². The van der Waals surface area contributed by atoms with Crippen molar-refractivity contribution in [3.05, 3.63) is 11.1 Å². The van der Waals surface area contributed by atoms with Crippen LogP contribution < -0.4 is 5.32 Å². The summed E-state index contributed by atoms with van der Waals surface area (Å²) in [7, 11) is 1.94. The Balaban J connectivity index is 1.77. The molecular formula is C10H14N2S. The van der Waals surface area contributed by atoms with Crippen molar-refractivity contribution in [3.8, 4) is 0 Å². The van der Waals surface area contributed by atoms with Crippen LogP contribution in [0.4, 0.5) is 5.13 Å². The number of nitrogens with one attached hydrogen (secondary N) is 1. The average Bonchev–Trinajstić information content (AvgIpc) is 2.67. The molecule has 2 fully saturated rings. The number of anilines is 1. The normalized spacial score (nSPS) is 35.9. The fourth-order valence-corrected chi connectivity index (χ4v) is 3.30. The molecule has 2 aliphatic carbocycles. The highest BCUT2D eigenvalue weighted by Gasteiger charge is 2.46. The summed E-state index contributed by atoms with van der Waals surface area (Å²) in [6, 6.07) is 0. The second-order valence-electron chi connectivity index (χ2n) is 4.25. The fraction of sp³-hybridized carbons (Fsp3) is 0.700. The lowest BCUT2D eigenvalue weighted by Crippen LogP contribution is -1.96. The van der Waals surface area contributed by atoms with Gasteiger partial charge in [-0.25, -0.2) is 4.98 Å². The molecular weight excluding hydrogens is 180 g/mol. The van der Waals surface area contributed by atoms with E-state index in [9.17, 15) is 0 Å². The van der Waals surface area contributed by atoms with Gasteiger partial charge in [-0.2, -0.15) is 0 Å². The number of rotatable bonds is 2. The maximum absolute atomic E-state index is 4.57. The number of fused-ring (bicyclic) bond motifs is 1. The van der Waals surface area contributed by atoms with Gasteiger partial charge in [-0.05, 0) is 31.1 Å². The molecule has 0 spiro atoms. The highest BCUT2D eigenvalue weighted by atomic mass is 32.1. The molecule has 1 aromatic rings. The van der Waals surface area contributed by atoms with E-state index < -0.39 is 0 Å². The molecule has 0 aromatic carbocycles. The lowest BCUT2D eigenvalue weighted by atomic mass is 10.0. The molecule has 3 heteroatoms. The molecule has 0 radical (unpaired) electrons. The second-order valence-corrected chi connectivity index (χ2v) is 5.11. The van der Waals surface area contributed by atoms with Gasteiger partial charge in [0.1, 0.15) is 0 Å². The van der Waals surface area contributed by atoms with Crippen molar-refractivity contribution in [1.29, 1.82) is 0 Å². The van der Waals surface area contributed by atoms with Gasteiger partial charge in [0.05, 0.1) is 5.69 Å². The first kappa shape index (κ1) is 7.80. The lowest BCUT2D eigenvalue weighted by molar-refractivity contribution is 0.612. The summed E-state index contributed by atoms with van der Waals surface area (Å²) in [6.07, 6.45) is 4.30. The number of nitrogens with zero attached hydrogens (tertiary/aromatic N) is 1. The molecule has 0 amide bonds. The van der Waals surface area contributed by atoms with Gasteiger partial charge in [0.2, 0.25) is 0 Å². The van der Waals surface area contributed by atoms with Crippen molar-refractivity contribution < 1.29 is 0 Å². The predicted octanol–water partition coefficient (Wildman–Crippen LogP) is 2.70. The Morgan fingerprint density at radius 1 is 1.38 bits per heavy atom. The predicted molar refractivity (Wildman–Crippen MR) is 55.2 cm³/mol. The first-order chi connectivity index (χ1) is 6.36. The third-order valence-corrected chi connectivity index (χ3v) is 4.28. The molecule has 1 aromatic heterocycles. The van der Waals surface area contributed by atoms with E-state index in [1.807, 2.05) is 7.05 Å². The van der Waals surface area contributed by atoms with Crippen LogP contribution in [0.3, 0.4) is 0 Å². The third kappa shape index (κ3) is 1.26. The van der Waals surface area contributed by atoms with Crippen LogP contribution in [0.2, 0.25) is 0 Å². The number of aromatic nitrogens is 1. The van der Waals surface area contributed by atoms with Crippen molar-refractivity contribution in [2.75, 3.05) is 12.4 Å². The molecule has 2 nitrogen and oxygen atoms in total. The smallest absolute Gasteiger partial charge is 0.182 e. The molecule has 3 rings (SSSR count). The van der Waals surface area contributed by atoms with Gasteiger partial charge in [0.15, 0.2) is 5.13 Å². The first-order valence-corrected chi connectivity index (χ1v) is 5.88. The van der Waals surface area contributed by atoms with Crippen LogP contribution >= 0.6 is 11.3 Å². The molecule has 70 valence electrons. The van der Waals surface area contributed by atoms with E-state index in [0.29, 0.717) is 0 Å². The Bertz CT molecular complexity index is 310. The summed E-state index contributed by atoms with van der Waals surface area (Å²) in [5, 5.41) is 6.39. The Morgan fingerprint density at radius 3 is 2.77 bits per heavy atom. The highest BCUT2D eigenvalue weighted by molar-refractivity contribution is 7.13. The molecule has 1 unspecified atom stereocenters. The highest BCUT2D eigenvalue weighted by Crippen LogP contribution is 2.57. The van der Waals surface area contributed by atoms with Crippen LogP contribution in [0.1, 0.15) is 30.9 Å². The minimum absolute atomic E-state index is 0.780.